The van der Waals surface area contributed by atoms with E-state index in [-0.39, 0.29) is 6.17 Å². The van der Waals surface area contributed by atoms with Gasteiger partial charge in [0, 0.05) is 51.4 Å². The summed E-state index contributed by atoms with van der Waals surface area (Å²) in [5.74, 6) is 3.31. The number of nitrogens with zero attached hydrogens (tertiary/aromatic N) is 5. The molecule has 0 bridgehead atoms. The molecule has 0 saturated heterocycles. The number of benzene rings is 9. The summed E-state index contributed by atoms with van der Waals surface area (Å²) in [7, 11) is 2.07. The lowest BCUT2D eigenvalue weighted by Gasteiger charge is -2.48. The van der Waals surface area contributed by atoms with E-state index in [0.717, 1.165) is 89.7 Å². The molecule has 13 rings (SSSR count). The van der Waals surface area contributed by atoms with Crippen molar-refractivity contribution in [3.63, 3.8) is 0 Å². The minimum Gasteiger partial charge on any atom is -0.457 e. The van der Waals surface area contributed by atoms with Gasteiger partial charge in [0.05, 0.1) is 27.8 Å². The van der Waals surface area contributed by atoms with Crippen LogP contribution in [0.1, 0.15) is 45.1 Å². The molecule has 1 aromatic heterocycles. The molecule has 0 N–H and O–H groups in total. The Labute approximate surface area is 377 Å². The highest BCUT2D eigenvalue weighted by atomic mass is 16.5. The van der Waals surface area contributed by atoms with Gasteiger partial charge < -0.3 is 19.1 Å². The predicted molar refractivity (Wildman–Crippen MR) is 264 cm³/mol. The number of hydrogen-bond acceptors (Lipinski definition) is 5. The Bertz CT molecular complexity index is 3490. The van der Waals surface area contributed by atoms with E-state index in [1.54, 1.807) is 0 Å². The van der Waals surface area contributed by atoms with Crippen LogP contribution in [0.3, 0.4) is 0 Å². The molecular formula is C59H41N5O. The highest BCUT2D eigenvalue weighted by Gasteiger charge is 2.51. The molecule has 1 unspecified atom stereocenters. The molecular weight excluding hydrogens is 795 g/mol. The lowest BCUT2D eigenvalue weighted by Crippen LogP contribution is -2.39. The van der Waals surface area contributed by atoms with Crippen molar-refractivity contribution in [1.82, 2.24) is 9.47 Å². The van der Waals surface area contributed by atoms with Crippen molar-refractivity contribution in [1.29, 1.82) is 0 Å². The van der Waals surface area contributed by atoms with Crippen LogP contribution in [0.4, 0.5) is 17.1 Å². The van der Waals surface area contributed by atoms with Crippen LogP contribution in [0.25, 0.3) is 27.5 Å². The normalized spacial score (nSPS) is 15.7. The zero-order valence-electron chi connectivity index (χ0n) is 35.6. The van der Waals surface area contributed by atoms with Gasteiger partial charge in [0.2, 0.25) is 0 Å². The lowest BCUT2D eigenvalue weighted by molar-refractivity contribution is 0.383. The molecule has 1 spiro atoms. The first-order chi connectivity index (χ1) is 32.2. The molecule has 0 saturated carbocycles. The summed E-state index contributed by atoms with van der Waals surface area (Å²) < 4.78 is 9.44. The van der Waals surface area contributed by atoms with Crippen LogP contribution in [-0.4, -0.2) is 28.2 Å². The van der Waals surface area contributed by atoms with Crippen LogP contribution < -0.4 is 9.64 Å². The first-order valence-corrected chi connectivity index (χ1v) is 22.2. The van der Waals surface area contributed by atoms with E-state index in [1.807, 2.05) is 12.1 Å². The van der Waals surface area contributed by atoms with E-state index in [9.17, 15) is 0 Å². The Kier molecular flexibility index (Phi) is 8.30. The van der Waals surface area contributed by atoms with E-state index in [4.69, 9.17) is 14.7 Å². The van der Waals surface area contributed by atoms with Crippen LogP contribution in [-0.2, 0) is 5.41 Å². The zero-order chi connectivity index (χ0) is 43.1. The Morgan fingerprint density at radius 2 is 1.06 bits per heavy atom. The van der Waals surface area contributed by atoms with Crippen molar-refractivity contribution in [3.8, 4) is 17.2 Å². The fraction of sp³-hybridized carbons (Fsp3) is 0.0508. The van der Waals surface area contributed by atoms with E-state index in [2.05, 4.69) is 234 Å². The summed E-state index contributed by atoms with van der Waals surface area (Å²) in [6.07, 6.45) is -0.225. The number of para-hydroxylation sites is 5. The summed E-state index contributed by atoms with van der Waals surface area (Å²) in [4.78, 5) is 15.1. The van der Waals surface area contributed by atoms with Gasteiger partial charge in [-0.1, -0.05) is 152 Å². The molecule has 308 valence electrons. The average Bonchev–Trinajstić information content (AvgIpc) is 3.69. The van der Waals surface area contributed by atoms with Gasteiger partial charge >= 0.3 is 0 Å². The molecule has 0 radical (unpaired) electrons. The zero-order valence-corrected chi connectivity index (χ0v) is 35.6. The van der Waals surface area contributed by atoms with Gasteiger partial charge in [0.25, 0.3) is 0 Å². The largest absolute Gasteiger partial charge is 0.457 e. The minimum atomic E-state index is -0.696. The molecule has 3 aliphatic heterocycles. The standard InChI is InChI=1S/C59H41N5O/c1-62-57(40-19-5-2-6-20-40)60-56(61-58(62)41-21-7-3-8-22-41)39-33-35-43(36-34-39)63-50-29-15-11-25-44(50)45-37-55-49(38-53(45)63)59(48-28-14-18-32-54(48)65-55)46-26-12-16-30-51(46)64(42-23-9-4-10-24-42)52-31-17-13-27-47(52)59/h2-38,57H,1H3. The number of ether oxygens (including phenoxy) is 1. The Morgan fingerprint density at radius 3 is 1.78 bits per heavy atom. The van der Waals surface area contributed by atoms with Crippen molar-refractivity contribution < 1.29 is 4.74 Å². The molecule has 1 atom stereocenters. The van der Waals surface area contributed by atoms with Gasteiger partial charge in [0.1, 0.15) is 23.5 Å². The van der Waals surface area contributed by atoms with Crippen LogP contribution >= 0.6 is 0 Å². The first-order valence-electron chi connectivity index (χ1n) is 22.2. The van der Waals surface area contributed by atoms with Gasteiger partial charge in [0.15, 0.2) is 5.84 Å². The van der Waals surface area contributed by atoms with Crippen molar-refractivity contribution in [2.45, 2.75) is 11.6 Å². The molecule has 6 nitrogen and oxygen atoms in total. The summed E-state index contributed by atoms with van der Waals surface area (Å²) in [6.45, 7) is 0. The third kappa shape index (κ3) is 5.53. The maximum Gasteiger partial charge on any atom is 0.159 e. The van der Waals surface area contributed by atoms with Crippen molar-refractivity contribution in [2.75, 3.05) is 11.9 Å². The number of amidine groups is 2. The molecule has 0 aliphatic carbocycles. The fourth-order valence-corrected chi connectivity index (χ4v) is 10.7. The van der Waals surface area contributed by atoms with Crippen molar-refractivity contribution in [3.05, 3.63) is 263 Å². The number of aromatic nitrogens is 1. The number of rotatable bonds is 5. The first kappa shape index (κ1) is 37.1. The average molecular weight is 836 g/mol. The second-order valence-electron chi connectivity index (χ2n) is 17.0. The van der Waals surface area contributed by atoms with Gasteiger partial charge in [-0.05, 0) is 89.5 Å². The second-order valence-corrected chi connectivity index (χ2v) is 17.0. The molecule has 65 heavy (non-hydrogen) atoms. The summed E-state index contributed by atoms with van der Waals surface area (Å²) in [5.41, 5.74) is 13.7. The van der Waals surface area contributed by atoms with Gasteiger partial charge in [-0.15, -0.1) is 0 Å². The van der Waals surface area contributed by atoms with Gasteiger partial charge in [-0.25, -0.2) is 9.98 Å². The van der Waals surface area contributed by atoms with Gasteiger partial charge in [-0.2, -0.15) is 0 Å². The smallest absolute Gasteiger partial charge is 0.159 e. The van der Waals surface area contributed by atoms with Crippen LogP contribution in [0, 0.1) is 0 Å². The summed E-state index contributed by atoms with van der Waals surface area (Å²) in [5, 5.41) is 2.29. The van der Waals surface area contributed by atoms with Crippen LogP contribution in [0.15, 0.2) is 234 Å². The molecule has 10 aromatic rings. The quantitative estimate of drug-likeness (QED) is 0.173. The summed E-state index contributed by atoms with van der Waals surface area (Å²) >= 11 is 0. The molecule has 4 heterocycles. The molecule has 3 aliphatic rings. The maximum absolute atomic E-state index is 7.04. The Hall–Kier alpha value is -8.48. The van der Waals surface area contributed by atoms with Crippen LogP contribution in [0.5, 0.6) is 11.5 Å². The molecule has 9 aromatic carbocycles. The van der Waals surface area contributed by atoms with E-state index >= 15 is 0 Å². The van der Waals surface area contributed by atoms with E-state index < -0.39 is 5.41 Å². The minimum absolute atomic E-state index is 0.225. The van der Waals surface area contributed by atoms with Crippen molar-refractivity contribution >= 4 is 50.5 Å². The lowest BCUT2D eigenvalue weighted by atomic mass is 9.61. The monoisotopic (exact) mass is 835 g/mol. The topological polar surface area (TPSA) is 45.4 Å². The second kappa shape index (κ2) is 14.5. The number of hydrogen-bond donors (Lipinski definition) is 0. The number of fused-ring (bicyclic) bond motifs is 11. The summed E-state index contributed by atoms with van der Waals surface area (Å²) in [6, 6.07) is 80.1. The highest BCUT2D eigenvalue weighted by Crippen LogP contribution is 2.63. The molecule has 0 fully saturated rings. The molecule has 0 amide bonds. The number of aliphatic imine (C=N–C) groups is 2. The fourth-order valence-electron chi connectivity index (χ4n) is 10.7. The third-order valence-electron chi connectivity index (χ3n) is 13.5. The van der Waals surface area contributed by atoms with Crippen LogP contribution in [0.2, 0.25) is 0 Å². The Morgan fingerprint density at radius 1 is 0.462 bits per heavy atom. The predicted octanol–water partition coefficient (Wildman–Crippen LogP) is 13.9. The van der Waals surface area contributed by atoms with E-state index in [1.165, 1.54) is 11.1 Å². The maximum atomic E-state index is 7.04. The van der Waals surface area contributed by atoms with Crippen molar-refractivity contribution in [2.24, 2.45) is 9.98 Å². The SMILES string of the molecule is CN1C(c2ccccc2)=NC(c2ccc(-n3c4ccccc4c4cc5c(cc43)C3(c4ccccc4O5)c4ccccc4N(c4ccccc4)c4ccccc43)cc2)=NC1c1ccccc1. The van der Waals surface area contributed by atoms with E-state index in [0.29, 0.717) is 5.84 Å². The highest BCUT2D eigenvalue weighted by molar-refractivity contribution is 6.13. The molecule has 6 heteroatoms. The Balaban J connectivity index is 1.02. The third-order valence-corrected chi connectivity index (χ3v) is 13.5. The van der Waals surface area contributed by atoms with Gasteiger partial charge in [-0.3, -0.25) is 0 Å². The number of anilines is 3.